The lowest BCUT2D eigenvalue weighted by atomic mass is 10.1. The lowest BCUT2D eigenvalue weighted by molar-refractivity contribution is 0.242. The molecule has 1 aromatic rings. The van der Waals surface area contributed by atoms with Gasteiger partial charge in [0.15, 0.2) is 0 Å². The number of likely N-dealkylation sites (tertiary alicyclic amines) is 1. The zero-order valence-electron chi connectivity index (χ0n) is 9.99. The third-order valence-corrected chi connectivity index (χ3v) is 4.55. The minimum atomic E-state index is 0.732. The highest BCUT2D eigenvalue weighted by atomic mass is 35.5. The Morgan fingerprint density at radius 1 is 1.24 bits per heavy atom. The molecule has 1 saturated heterocycles. The summed E-state index contributed by atoms with van der Waals surface area (Å²) >= 11 is 7.96. The highest BCUT2D eigenvalue weighted by molar-refractivity contribution is 7.99. The number of thioether (sulfide) groups is 1. The molecule has 0 aromatic heterocycles. The number of rotatable bonds is 4. The lowest BCUT2D eigenvalue weighted by Crippen LogP contribution is -2.31. The van der Waals surface area contributed by atoms with E-state index < -0.39 is 0 Å². The number of piperidine rings is 1. The summed E-state index contributed by atoms with van der Waals surface area (Å²) in [5.41, 5.74) is 6.40. The number of anilines is 1. The van der Waals surface area contributed by atoms with Gasteiger partial charge in [-0.1, -0.05) is 18.0 Å². The Morgan fingerprint density at radius 3 is 2.71 bits per heavy atom. The topological polar surface area (TPSA) is 29.3 Å². The van der Waals surface area contributed by atoms with E-state index in [0.29, 0.717) is 0 Å². The van der Waals surface area contributed by atoms with Crippen LogP contribution in [0.2, 0.25) is 5.02 Å². The summed E-state index contributed by atoms with van der Waals surface area (Å²) in [6.07, 6.45) is 4.11. The highest BCUT2D eigenvalue weighted by Gasteiger charge is 2.09. The molecule has 1 aliphatic heterocycles. The molecule has 1 aliphatic rings. The van der Waals surface area contributed by atoms with Crippen molar-refractivity contribution in [2.24, 2.45) is 0 Å². The van der Waals surface area contributed by atoms with Gasteiger partial charge in [0.2, 0.25) is 0 Å². The SMILES string of the molecule is Nc1ccc(SCCN2CCCCC2)c(Cl)c1. The molecule has 94 valence electrons. The van der Waals surface area contributed by atoms with Gasteiger partial charge in [-0.3, -0.25) is 0 Å². The summed E-state index contributed by atoms with van der Waals surface area (Å²) < 4.78 is 0. The summed E-state index contributed by atoms with van der Waals surface area (Å²) in [4.78, 5) is 3.68. The van der Waals surface area contributed by atoms with Crippen molar-refractivity contribution in [3.8, 4) is 0 Å². The second-order valence-corrected chi connectivity index (χ2v) is 5.98. The zero-order valence-corrected chi connectivity index (χ0v) is 11.6. The molecule has 1 fully saturated rings. The molecule has 0 amide bonds. The molecule has 0 atom stereocenters. The van der Waals surface area contributed by atoms with Gasteiger partial charge in [-0.25, -0.2) is 0 Å². The largest absolute Gasteiger partial charge is 0.399 e. The Bertz CT molecular complexity index is 364. The van der Waals surface area contributed by atoms with E-state index in [1.165, 1.54) is 32.4 Å². The highest BCUT2D eigenvalue weighted by Crippen LogP contribution is 2.28. The van der Waals surface area contributed by atoms with Gasteiger partial charge in [0.1, 0.15) is 0 Å². The lowest BCUT2D eigenvalue weighted by Gasteiger charge is -2.26. The van der Waals surface area contributed by atoms with E-state index in [-0.39, 0.29) is 0 Å². The van der Waals surface area contributed by atoms with E-state index in [2.05, 4.69) is 4.90 Å². The summed E-state index contributed by atoms with van der Waals surface area (Å²) in [5, 5.41) is 0.772. The number of halogens is 1. The maximum atomic E-state index is 6.14. The first-order valence-electron chi connectivity index (χ1n) is 6.16. The standard InChI is InChI=1S/C13H19ClN2S/c14-12-10-11(15)4-5-13(12)17-9-8-16-6-2-1-3-7-16/h4-5,10H,1-3,6-9,15H2. The molecule has 2 nitrogen and oxygen atoms in total. The molecule has 0 radical (unpaired) electrons. The minimum absolute atomic E-state index is 0.732. The monoisotopic (exact) mass is 270 g/mol. The summed E-state index contributed by atoms with van der Waals surface area (Å²) in [6.45, 7) is 3.68. The third-order valence-electron chi connectivity index (χ3n) is 3.07. The summed E-state index contributed by atoms with van der Waals surface area (Å²) in [7, 11) is 0. The number of hydrogen-bond acceptors (Lipinski definition) is 3. The zero-order chi connectivity index (χ0) is 12.1. The van der Waals surface area contributed by atoms with E-state index in [1.54, 1.807) is 0 Å². The molecular formula is C13H19ClN2S. The Labute approximate surface area is 113 Å². The first-order chi connectivity index (χ1) is 8.25. The van der Waals surface area contributed by atoms with Crippen LogP contribution in [0.3, 0.4) is 0 Å². The van der Waals surface area contributed by atoms with Gasteiger partial charge in [-0.15, -0.1) is 11.8 Å². The maximum absolute atomic E-state index is 6.14. The van der Waals surface area contributed by atoms with Crippen molar-refractivity contribution in [1.82, 2.24) is 4.90 Å². The van der Waals surface area contributed by atoms with Crippen molar-refractivity contribution >= 4 is 29.1 Å². The van der Waals surface area contributed by atoms with E-state index >= 15 is 0 Å². The maximum Gasteiger partial charge on any atom is 0.0562 e. The first kappa shape index (κ1) is 13.1. The molecule has 17 heavy (non-hydrogen) atoms. The molecule has 0 bridgehead atoms. The van der Waals surface area contributed by atoms with Crippen LogP contribution < -0.4 is 5.73 Å². The smallest absolute Gasteiger partial charge is 0.0562 e. The molecule has 0 aliphatic carbocycles. The molecule has 0 spiro atoms. The van der Waals surface area contributed by atoms with Gasteiger partial charge in [0.25, 0.3) is 0 Å². The van der Waals surface area contributed by atoms with Gasteiger partial charge < -0.3 is 10.6 Å². The predicted octanol–water partition coefficient (Wildman–Crippen LogP) is 3.50. The fourth-order valence-electron chi connectivity index (χ4n) is 2.10. The predicted molar refractivity (Wildman–Crippen MR) is 76.9 cm³/mol. The third kappa shape index (κ3) is 4.09. The number of benzene rings is 1. The summed E-state index contributed by atoms with van der Waals surface area (Å²) in [5.74, 6) is 1.10. The van der Waals surface area contributed by atoms with Gasteiger partial charge >= 0.3 is 0 Å². The second kappa shape index (κ2) is 6.53. The van der Waals surface area contributed by atoms with Gasteiger partial charge in [0.05, 0.1) is 5.02 Å². The molecule has 0 saturated carbocycles. The molecule has 1 aromatic carbocycles. The van der Waals surface area contributed by atoms with Crippen molar-refractivity contribution in [3.05, 3.63) is 23.2 Å². The van der Waals surface area contributed by atoms with Crippen molar-refractivity contribution in [2.75, 3.05) is 31.1 Å². The summed E-state index contributed by atoms with van der Waals surface area (Å²) in [6, 6.07) is 5.75. The van der Waals surface area contributed by atoms with E-state index in [9.17, 15) is 0 Å². The molecular weight excluding hydrogens is 252 g/mol. The molecule has 0 unspecified atom stereocenters. The molecule has 4 heteroatoms. The average Bonchev–Trinajstić information content (AvgIpc) is 2.33. The quantitative estimate of drug-likeness (QED) is 0.671. The van der Waals surface area contributed by atoms with Crippen molar-refractivity contribution in [1.29, 1.82) is 0 Å². The number of nitrogens with two attached hydrogens (primary N) is 1. The van der Waals surface area contributed by atoms with Crippen molar-refractivity contribution < 1.29 is 0 Å². The number of nitrogens with zero attached hydrogens (tertiary/aromatic N) is 1. The van der Waals surface area contributed by atoms with Crippen LogP contribution in [0.4, 0.5) is 5.69 Å². The van der Waals surface area contributed by atoms with Gasteiger partial charge in [0, 0.05) is 22.9 Å². The Balaban J connectivity index is 1.77. The van der Waals surface area contributed by atoms with E-state index in [4.69, 9.17) is 17.3 Å². The Morgan fingerprint density at radius 2 is 2.00 bits per heavy atom. The van der Waals surface area contributed by atoms with Crippen LogP contribution in [0, 0.1) is 0 Å². The Hall–Kier alpha value is -0.380. The van der Waals surface area contributed by atoms with Gasteiger partial charge in [-0.2, -0.15) is 0 Å². The van der Waals surface area contributed by atoms with E-state index in [0.717, 1.165) is 27.9 Å². The van der Waals surface area contributed by atoms with Crippen molar-refractivity contribution in [3.63, 3.8) is 0 Å². The fraction of sp³-hybridized carbons (Fsp3) is 0.538. The normalized spacial score (nSPS) is 17.2. The number of hydrogen-bond donors (Lipinski definition) is 1. The number of nitrogen functional groups attached to an aromatic ring is 1. The molecule has 2 N–H and O–H groups in total. The Kier molecular flexibility index (Phi) is 5.01. The average molecular weight is 271 g/mol. The minimum Gasteiger partial charge on any atom is -0.399 e. The van der Waals surface area contributed by atoms with Crippen LogP contribution in [-0.2, 0) is 0 Å². The van der Waals surface area contributed by atoms with Crippen LogP contribution in [0.1, 0.15) is 19.3 Å². The van der Waals surface area contributed by atoms with Crippen LogP contribution in [0.25, 0.3) is 0 Å². The van der Waals surface area contributed by atoms with Crippen LogP contribution in [0.15, 0.2) is 23.1 Å². The molecule has 1 heterocycles. The van der Waals surface area contributed by atoms with Crippen LogP contribution in [-0.4, -0.2) is 30.3 Å². The fourth-order valence-corrected chi connectivity index (χ4v) is 3.38. The van der Waals surface area contributed by atoms with Crippen molar-refractivity contribution in [2.45, 2.75) is 24.2 Å². The first-order valence-corrected chi connectivity index (χ1v) is 7.52. The van der Waals surface area contributed by atoms with Crippen LogP contribution >= 0.6 is 23.4 Å². The molecule has 2 rings (SSSR count). The van der Waals surface area contributed by atoms with E-state index in [1.807, 2.05) is 30.0 Å². The van der Waals surface area contributed by atoms with Gasteiger partial charge in [-0.05, 0) is 44.1 Å². The second-order valence-electron chi connectivity index (χ2n) is 4.44. The van der Waals surface area contributed by atoms with Crippen LogP contribution in [0.5, 0.6) is 0 Å².